The topological polar surface area (TPSA) is 42.7 Å². The molecule has 0 N–H and O–H groups in total. The summed E-state index contributed by atoms with van der Waals surface area (Å²) in [6.45, 7) is 0. The molecule has 0 amide bonds. The van der Waals surface area contributed by atoms with E-state index in [4.69, 9.17) is 32.5 Å². The number of halogens is 2. The number of benzene rings is 3. The van der Waals surface area contributed by atoms with E-state index in [9.17, 15) is 4.79 Å². The van der Waals surface area contributed by atoms with E-state index in [1.807, 2.05) is 60.7 Å². The highest BCUT2D eigenvalue weighted by Gasteiger charge is 2.37. The van der Waals surface area contributed by atoms with Gasteiger partial charge >= 0.3 is 0 Å². The Hall–Kier alpha value is -2.79. The standard InChI is InChI=1S/C24H17Cl2NO3/c25-19-11-17-23(12-20(19)26)29-14-18(24(17)28)21-13-22(15-7-3-1-4-8-15)30-27(21)16-9-5-2-6-10-16/h1-12,14,21-22H,13H2/t21-,22+/m0/s1. The van der Waals surface area contributed by atoms with Crippen LogP contribution in [0.2, 0.25) is 10.0 Å². The smallest absolute Gasteiger partial charge is 0.198 e. The predicted octanol–water partition coefficient (Wildman–Crippen LogP) is 6.72. The number of para-hydroxylation sites is 1. The molecule has 1 fully saturated rings. The summed E-state index contributed by atoms with van der Waals surface area (Å²) in [5.74, 6) is 0. The quantitative estimate of drug-likeness (QED) is 0.356. The van der Waals surface area contributed by atoms with Gasteiger partial charge in [-0.3, -0.25) is 9.63 Å². The van der Waals surface area contributed by atoms with Crippen LogP contribution in [0.5, 0.6) is 0 Å². The molecule has 0 saturated carbocycles. The maximum atomic E-state index is 13.4. The van der Waals surface area contributed by atoms with Gasteiger partial charge in [0.1, 0.15) is 18.0 Å². The van der Waals surface area contributed by atoms with Gasteiger partial charge in [0.05, 0.1) is 32.7 Å². The molecule has 4 aromatic rings. The first-order chi connectivity index (χ1) is 14.6. The second-order valence-electron chi connectivity index (χ2n) is 7.20. The van der Waals surface area contributed by atoms with E-state index in [1.165, 1.54) is 6.26 Å². The molecule has 1 saturated heterocycles. The Morgan fingerprint density at radius 2 is 1.57 bits per heavy atom. The average molecular weight is 438 g/mol. The number of fused-ring (bicyclic) bond motifs is 1. The van der Waals surface area contributed by atoms with Crippen molar-refractivity contribution in [2.24, 2.45) is 0 Å². The first-order valence-electron chi connectivity index (χ1n) is 9.58. The molecule has 3 aromatic carbocycles. The number of hydrogen-bond donors (Lipinski definition) is 0. The van der Waals surface area contributed by atoms with Crippen LogP contribution in [0.1, 0.15) is 29.7 Å². The normalized spacial score (nSPS) is 18.8. The molecule has 4 nitrogen and oxygen atoms in total. The Kier molecular flexibility index (Phi) is 4.99. The summed E-state index contributed by atoms with van der Waals surface area (Å²) in [7, 11) is 0. The molecule has 2 atom stereocenters. The summed E-state index contributed by atoms with van der Waals surface area (Å²) < 4.78 is 5.77. The van der Waals surface area contributed by atoms with Crippen molar-refractivity contribution < 1.29 is 9.25 Å². The van der Waals surface area contributed by atoms with Crippen LogP contribution in [-0.4, -0.2) is 0 Å². The van der Waals surface area contributed by atoms with Crippen LogP contribution < -0.4 is 10.5 Å². The SMILES string of the molecule is O=c1c([C@@H]2C[C@H](c3ccccc3)ON2c2ccccc2)coc2cc(Cl)c(Cl)cc12. The zero-order valence-electron chi connectivity index (χ0n) is 15.8. The van der Waals surface area contributed by atoms with Crippen LogP contribution in [0, 0.1) is 0 Å². The predicted molar refractivity (Wildman–Crippen MR) is 119 cm³/mol. The van der Waals surface area contributed by atoms with Crippen molar-refractivity contribution in [2.45, 2.75) is 18.6 Å². The second-order valence-corrected chi connectivity index (χ2v) is 8.01. The van der Waals surface area contributed by atoms with Gasteiger partial charge < -0.3 is 4.42 Å². The van der Waals surface area contributed by atoms with Gasteiger partial charge in [-0.05, 0) is 23.8 Å². The first-order valence-corrected chi connectivity index (χ1v) is 10.3. The number of hydroxylamine groups is 1. The third-order valence-corrected chi connectivity index (χ3v) is 6.07. The summed E-state index contributed by atoms with van der Waals surface area (Å²) in [6, 6.07) is 22.5. The largest absolute Gasteiger partial charge is 0.464 e. The van der Waals surface area contributed by atoms with Crippen molar-refractivity contribution in [2.75, 3.05) is 5.06 Å². The Morgan fingerprint density at radius 3 is 2.30 bits per heavy atom. The molecule has 5 rings (SSSR count). The lowest BCUT2D eigenvalue weighted by Crippen LogP contribution is -2.25. The second kappa shape index (κ2) is 7.80. The molecule has 0 unspecified atom stereocenters. The van der Waals surface area contributed by atoms with Gasteiger partial charge in [-0.25, -0.2) is 5.06 Å². The number of hydrogen-bond acceptors (Lipinski definition) is 4. The molecule has 1 aliphatic rings. The zero-order valence-corrected chi connectivity index (χ0v) is 17.3. The van der Waals surface area contributed by atoms with Crippen molar-refractivity contribution >= 4 is 39.9 Å². The van der Waals surface area contributed by atoms with E-state index >= 15 is 0 Å². The molecule has 0 aliphatic carbocycles. The Balaban J connectivity index is 1.62. The maximum absolute atomic E-state index is 13.4. The fourth-order valence-electron chi connectivity index (χ4n) is 3.86. The molecule has 6 heteroatoms. The fraction of sp³-hybridized carbons (Fsp3) is 0.125. The maximum Gasteiger partial charge on any atom is 0.198 e. The monoisotopic (exact) mass is 437 g/mol. The van der Waals surface area contributed by atoms with Crippen LogP contribution in [0.4, 0.5) is 5.69 Å². The van der Waals surface area contributed by atoms with Gasteiger partial charge in [0.15, 0.2) is 5.43 Å². The van der Waals surface area contributed by atoms with Gasteiger partial charge in [0.2, 0.25) is 0 Å². The van der Waals surface area contributed by atoms with Crippen molar-refractivity contribution in [3.63, 3.8) is 0 Å². The van der Waals surface area contributed by atoms with E-state index in [0.717, 1.165) is 11.3 Å². The minimum Gasteiger partial charge on any atom is -0.464 e. The minimum absolute atomic E-state index is 0.141. The molecule has 0 spiro atoms. The number of rotatable bonds is 3. The fourth-order valence-corrected chi connectivity index (χ4v) is 4.17. The molecule has 2 heterocycles. The van der Waals surface area contributed by atoms with E-state index in [1.54, 1.807) is 17.2 Å². The average Bonchev–Trinajstić information content (AvgIpc) is 3.22. The van der Waals surface area contributed by atoms with E-state index in [2.05, 4.69) is 0 Å². The van der Waals surface area contributed by atoms with Gasteiger partial charge in [0.25, 0.3) is 0 Å². The van der Waals surface area contributed by atoms with E-state index in [0.29, 0.717) is 33.0 Å². The molecule has 150 valence electrons. The highest BCUT2D eigenvalue weighted by atomic mass is 35.5. The van der Waals surface area contributed by atoms with Crippen molar-refractivity contribution in [1.82, 2.24) is 0 Å². The Bertz CT molecular complexity index is 1260. The lowest BCUT2D eigenvalue weighted by Gasteiger charge is -2.24. The summed E-state index contributed by atoms with van der Waals surface area (Å²) >= 11 is 12.2. The van der Waals surface area contributed by atoms with E-state index < -0.39 is 0 Å². The van der Waals surface area contributed by atoms with Crippen molar-refractivity contribution in [3.05, 3.63) is 110 Å². The lowest BCUT2D eigenvalue weighted by atomic mass is 9.98. The van der Waals surface area contributed by atoms with Crippen LogP contribution >= 0.6 is 23.2 Å². The van der Waals surface area contributed by atoms with Crippen LogP contribution in [0.25, 0.3) is 11.0 Å². The third-order valence-electron chi connectivity index (χ3n) is 5.34. The molecule has 0 bridgehead atoms. The van der Waals surface area contributed by atoms with Gasteiger partial charge in [-0.15, -0.1) is 0 Å². The Labute approximate surface area is 183 Å². The summed E-state index contributed by atoms with van der Waals surface area (Å²) in [5.41, 5.74) is 2.71. The van der Waals surface area contributed by atoms with Crippen LogP contribution in [0.3, 0.4) is 0 Å². The zero-order chi connectivity index (χ0) is 20.7. The molecule has 30 heavy (non-hydrogen) atoms. The molecular formula is C24H17Cl2NO3. The number of nitrogens with zero attached hydrogens (tertiary/aromatic N) is 1. The van der Waals surface area contributed by atoms with E-state index in [-0.39, 0.29) is 17.6 Å². The Morgan fingerprint density at radius 1 is 0.900 bits per heavy atom. The summed E-state index contributed by atoms with van der Waals surface area (Å²) in [5, 5.41) is 2.86. The van der Waals surface area contributed by atoms with Crippen molar-refractivity contribution in [1.29, 1.82) is 0 Å². The van der Waals surface area contributed by atoms with Crippen LogP contribution in [0.15, 0.2) is 88.3 Å². The summed E-state index contributed by atoms with van der Waals surface area (Å²) in [4.78, 5) is 19.7. The highest BCUT2D eigenvalue weighted by molar-refractivity contribution is 6.42. The van der Waals surface area contributed by atoms with Crippen LogP contribution in [-0.2, 0) is 4.84 Å². The van der Waals surface area contributed by atoms with Crippen molar-refractivity contribution in [3.8, 4) is 0 Å². The first kappa shape index (κ1) is 19.2. The number of anilines is 1. The van der Waals surface area contributed by atoms with Gasteiger partial charge in [-0.2, -0.15) is 0 Å². The molecule has 1 aliphatic heterocycles. The summed E-state index contributed by atoms with van der Waals surface area (Å²) in [6.07, 6.45) is 1.93. The molecule has 0 radical (unpaired) electrons. The van der Waals surface area contributed by atoms with Gasteiger partial charge in [0, 0.05) is 12.5 Å². The third kappa shape index (κ3) is 3.37. The highest BCUT2D eigenvalue weighted by Crippen LogP contribution is 2.43. The molecule has 1 aromatic heterocycles. The minimum atomic E-state index is -0.312. The van der Waals surface area contributed by atoms with Gasteiger partial charge in [-0.1, -0.05) is 71.7 Å². The molecular weight excluding hydrogens is 421 g/mol. The lowest BCUT2D eigenvalue weighted by molar-refractivity contribution is 0.0835.